The average Bonchev–Trinajstić information content (AvgIpc) is 2.47. The van der Waals surface area contributed by atoms with Gasteiger partial charge in [0.15, 0.2) is 0 Å². The molecule has 1 aliphatic rings. The quantitative estimate of drug-likeness (QED) is 0.889. The molecule has 0 unspecified atom stereocenters. The minimum Gasteiger partial charge on any atom is -0.392 e. The summed E-state index contributed by atoms with van der Waals surface area (Å²) in [6.07, 6.45) is 0.502. The lowest BCUT2D eigenvalue weighted by molar-refractivity contribution is 0.0519. The van der Waals surface area contributed by atoms with Crippen LogP contribution in [0.2, 0.25) is 0 Å². The van der Waals surface area contributed by atoms with Gasteiger partial charge in [0.05, 0.1) is 6.10 Å². The molecule has 1 aromatic rings. The van der Waals surface area contributed by atoms with Crippen LogP contribution in [-0.2, 0) is 0 Å². The second-order valence-corrected chi connectivity index (χ2v) is 5.32. The molecule has 0 saturated carbocycles. The molecule has 5 nitrogen and oxygen atoms in total. The van der Waals surface area contributed by atoms with Crippen molar-refractivity contribution >= 4 is 5.91 Å². The molecule has 110 valence electrons. The van der Waals surface area contributed by atoms with Crippen molar-refractivity contribution in [3.05, 3.63) is 29.6 Å². The van der Waals surface area contributed by atoms with Gasteiger partial charge in [-0.3, -0.25) is 9.69 Å². The molecule has 0 spiro atoms. The van der Waals surface area contributed by atoms with Crippen LogP contribution < -0.4 is 0 Å². The summed E-state index contributed by atoms with van der Waals surface area (Å²) in [6.45, 7) is 7.59. The molecule has 1 amide bonds. The predicted octanol–water partition coefficient (Wildman–Crippen LogP) is 0.919. The van der Waals surface area contributed by atoms with Crippen LogP contribution in [0, 0.1) is 6.92 Å². The number of nitrogens with zero attached hydrogens (tertiary/aromatic N) is 3. The summed E-state index contributed by atoms with van der Waals surface area (Å²) in [4.78, 5) is 20.7. The van der Waals surface area contributed by atoms with Crippen molar-refractivity contribution < 1.29 is 9.90 Å². The third-order valence-corrected chi connectivity index (χ3v) is 3.71. The lowest BCUT2D eigenvalue weighted by Gasteiger charge is -2.35. The van der Waals surface area contributed by atoms with Gasteiger partial charge >= 0.3 is 0 Å². The maximum absolute atomic E-state index is 12.3. The first kappa shape index (κ1) is 14.9. The summed E-state index contributed by atoms with van der Waals surface area (Å²) in [5.74, 6) is 0.00406. The van der Waals surface area contributed by atoms with E-state index in [1.54, 1.807) is 6.07 Å². The first-order valence-electron chi connectivity index (χ1n) is 7.23. The first-order valence-corrected chi connectivity index (χ1v) is 7.23. The number of pyridine rings is 1. The zero-order chi connectivity index (χ0) is 14.5. The highest BCUT2D eigenvalue weighted by atomic mass is 16.3. The molecule has 1 N–H and O–H groups in total. The van der Waals surface area contributed by atoms with E-state index in [-0.39, 0.29) is 12.0 Å². The maximum atomic E-state index is 12.3. The number of aliphatic hydroxyl groups excluding tert-OH is 1. The largest absolute Gasteiger partial charge is 0.392 e. The smallest absolute Gasteiger partial charge is 0.272 e. The van der Waals surface area contributed by atoms with Crippen molar-refractivity contribution in [1.29, 1.82) is 0 Å². The minimum absolute atomic E-state index is 0.00406. The predicted molar refractivity (Wildman–Crippen MR) is 77.6 cm³/mol. The maximum Gasteiger partial charge on any atom is 0.272 e. The van der Waals surface area contributed by atoms with Gasteiger partial charge in [-0.05, 0) is 25.5 Å². The van der Waals surface area contributed by atoms with E-state index < -0.39 is 0 Å². The highest BCUT2D eigenvalue weighted by Crippen LogP contribution is 2.09. The molecule has 0 radical (unpaired) electrons. The molecule has 2 rings (SSSR count). The molecule has 1 atom stereocenters. The van der Waals surface area contributed by atoms with E-state index in [2.05, 4.69) is 9.88 Å². The molecule has 1 saturated heterocycles. The number of amides is 1. The molecule has 1 fully saturated rings. The van der Waals surface area contributed by atoms with Gasteiger partial charge in [0, 0.05) is 38.4 Å². The van der Waals surface area contributed by atoms with Crippen LogP contribution in [0.4, 0.5) is 0 Å². The number of aromatic nitrogens is 1. The van der Waals surface area contributed by atoms with Crippen molar-refractivity contribution in [3.8, 4) is 0 Å². The minimum atomic E-state index is -0.268. The Morgan fingerprint density at radius 1 is 1.35 bits per heavy atom. The number of aliphatic hydroxyl groups is 1. The number of carbonyl (C=O) groups excluding carboxylic acids is 1. The van der Waals surface area contributed by atoms with E-state index in [9.17, 15) is 9.90 Å². The number of aryl methyl sites for hydroxylation is 1. The third-order valence-electron chi connectivity index (χ3n) is 3.71. The van der Waals surface area contributed by atoms with Crippen molar-refractivity contribution in [1.82, 2.24) is 14.8 Å². The molecule has 1 aromatic heterocycles. The molecule has 0 aliphatic carbocycles. The Morgan fingerprint density at radius 3 is 2.65 bits per heavy atom. The zero-order valence-corrected chi connectivity index (χ0v) is 12.2. The molecule has 1 aliphatic heterocycles. The van der Waals surface area contributed by atoms with Crippen LogP contribution in [-0.4, -0.2) is 64.6 Å². The fourth-order valence-corrected chi connectivity index (χ4v) is 2.38. The van der Waals surface area contributed by atoms with Gasteiger partial charge in [0.1, 0.15) is 5.69 Å². The van der Waals surface area contributed by atoms with Crippen LogP contribution in [0.3, 0.4) is 0 Å². The van der Waals surface area contributed by atoms with Crippen LogP contribution in [0.15, 0.2) is 18.2 Å². The van der Waals surface area contributed by atoms with Gasteiger partial charge < -0.3 is 10.0 Å². The molecular weight excluding hydrogens is 254 g/mol. The first-order chi connectivity index (χ1) is 9.60. The monoisotopic (exact) mass is 277 g/mol. The number of rotatable bonds is 4. The number of hydrogen-bond donors (Lipinski definition) is 1. The Kier molecular flexibility index (Phi) is 5.09. The van der Waals surface area contributed by atoms with Gasteiger partial charge in [0.25, 0.3) is 5.91 Å². The number of carbonyl (C=O) groups is 1. The summed E-state index contributed by atoms with van der Waals surface area (Å²) in [6, 6.07) is 5.52. The number of piperazine rings is 1. The molecular formula is C15H23N3O2. The van der Waals surface area contributed by atoms with Gasteiger partial charge in [0.2, 0.25) is 0 Å². The van der Waals surface area contributed by atoms with Gasteiger partial charge in [-0.1, -0.05) is 13.0 Å². The summed E-state index contributed by atoms with van der Waals surface area (Å²) in [5, 5.41) is 9.66. The Morgan fingerprint density at radius 2 is 2.05 bits per heavy atom. The fraction of sp³-hybridized carbons (Fsp3) is 0.600. The zero-order valence-electron chi connectivity index (χ0n) is 12.2. The molecule has 0 aromatic carbocycles. The van der Waals surface area contributed by atoms with E-state index in [1.807, 2.05) is 30.9 Å². The highest BCUT2D eigenvalue weighted by Gasteiger charge is 2.23. The van der Waals surface area contributed by atoms with E-state index in [0.717, 1.165) is 25.2 Å². The van der Waals surface area contributed by atoms with Crippen LogP contribution in [0.25, 0.3) is 0 Å². The Labute approximate surface area is 120 Å². The summed E-state index contributed by atoms with van der Waals surface area (Å²) in [7, 11) is 0. The van der Waals surface area contributed by atoms with E-state index >= 15 is 0 Å². The lowest BCUT2D eigenvalue weighted by atomic mass is 10.2. The topological polar surface area (TPSA) is 56.7 Å². The molecule has 0 bridgehead atoms. The van der Waals surface area contributed by atoms with Crippen molar-refractivity contribution in [2.75, 3.05) is 32.7 Å². The standard InChI is InChI=1S/C15H23N3O2/c1-3-13(19)11-17-7-9-18(10-8-17)15(20)14-6-4-5-12(2)16-14/h4-6,13,19H,3,7-11H2,1-2H3/t13-/m1/s1. The summed E-state index contributed by atoms with van der Waals surface area (Å²) < 4.78 is 0. The molecule has 2 heterocycles. The van der Waals surface area contributed by atoms with Crippen molar-refractivity contribution in [2.24, 2.45) is 0 Å². The second kappa shape index (κ2) is 6.81. The average molecular weight is 277 g/mol. The van der Waals surface area contributed by atoms with Gasteiger partial charge in [-0.2, -0.15) is 0 Å². The fourth-order valence-electron chi connectivity index (χ4n) is 2.38. The third kappa shape index (κ3) is 3.77. The van der Waals surface area contributed by atoms with Gasteiger partial charge in [-0.15, -0.1) is 0 Å². The van der Waals surface area contributed by atoms with Crippen LogP contribution >= 0.6 is 0 Å². The lowest BCUT2D eigenvalue weighted by Crippen LogP contribution is -2.50. The Balaban J connectivity index is 1.89. The van der Waals surface area contributed by atoms with Crippen molar-refractivity contribution in [3.63, 3.8) is 0 Å². The number of hydrogen-bond acceptors (Lipinski definition) is 4. The van der Waals surface area contributed by atoms with Crippen LogP contribution in [0.1, 0.15) is 29.5 Å². The Hall–Kier alpha value is -1.46. The van der Waals surface area contributed by atoms with Crippen molar-refractivity contribution in [2.45, 2.75) is 26.4 Å². The molecule has 20 heavy (non-hydrogen) atoms. The van der Waals surface area contributed by atoms with Gasteiger partial charge in [-0.25, -0.2) is 4.98 Å². The molecule has 5 heteroatoms. The highest BCUT2D eigenvalue weighted by molar-refractivity contribution is 5.92. The van der Waals surface area contributed by atoms with Crippen LogP contribution in [0.5, 0.6) is 0 Å². The number of β-amino-alcohol motifs (C(OH)–C–C–N with tert-alkyl or cyclic N) is 1. The SMILES string of the molecule is CC[C@@H](O)CN1CCN(C(=O)c2cccc(C)n2)CC1. The van der Waals surface area contributed by atoms with E-state index in [4.69, 9.17) is 0 Å². The second-order valence-electron chi connectivity index (χ2n) is 5.32. The normalized spacial score (nSPS) is 18.1. The summed E-state index contributed by atoms with van der Waals surface area (Å²) >= 11 is 0. The Bertz CT molecular complexity index is 456. The summed E-state index contributed by atoms with van der Waals surface area (Å²) in [5.41, 5.74) is 1.38. The van der Waals surface area contributed by atoms with E-state index in [1.165, 1.54) is 0 Å². The van der Waals surface area contributed by atoms with E-state index in [0.29, 0.717) is 25.3 Å².